The highest BCUT2D eigenvalue weighted by Gasteiger charge is 2.31. The summed E-state index contributed by atoms with van der Waals surface area (Å²) in [4.78, 5) is 7.63. The molecule has 1 aliphatic carbocycles. The second kappa shape index (κ2) is 7.61. The van der Waals surface area contributed by atoms with Crippen molar-refractivity contribution in [2.45, 2.75) is 70.9 Å². The number of aromatic nitrogens is 2. The van der Waals surface area contributed by atoms with Gasteiger partial charge in [-0.25, -0.2) is 4.98 Å². The second-order valence-corrected chi connectivity index (χ2v) is 6.92. The van der Waals surface area contributed by atoms with Crippen molar-refractivity contribution in [2.24, 2.45) is 5.92 Å². The zero-order valence-corrected chi connectivity index (χ0v) is 14.0. The van der Waals surface area contributed by atoms with E-state index in [0.717, 1.165) is 62.4 Å². The molecule has 1 heterocycles. The third kappa shape index (κ3) is 4.97. The van der Waals surface area contributed by atoms with Crippen LogP contribution in [-0.4, -0.2) is 27.2 Å². The maximum absolute atomic E-state index is 10.5. The van der Waals surface area contributed by atoms with Gasteiger partial charge >= 0.3 is 0 Å². The molecule has 0 amide bonds. The summed E-state index contributed by atoms with van der Waals surface area (Å²) in [6, 6.07) is 0. The second-order valence-electron chi connectivity index (χ2n) is 6.57. The molecule has 0 bridgehead atoms. The number of hydrogen-bond acceptors (Lipinski definition) is 3. The molecule has 1 aromatic heterocycles. The van der Waals surface area contributed by atoms with Crippen molar-refractivity contribution in [3.05, 3.63) is 16.7 Å². The van der Waals surface area contributed by atoms with Crippen molar-refractivity contribution >= 4 is 11.6 Å². The number of aliphatic hydroxyl groups is 1. The van der Waals surface area contributed by atoms with E-state index in [1.165, 1.54) is 0 Å². The van der Waals surface area contributed by atoms with Crippen LogP contribution in [-0.2, 0) is 13.0 Å². The summed E-state index contributed by atoms with van der Waals surface area (Å²) in [5.74, 6) is 1.71. The van der Waals surface area contributed by atoms with Gasteiger partial charge in [-0.1, -0.05) is 31.9 Å². The van der Waals surface area contributed by atoms with Gasteiger partial charge in [0.2, 0.25) is 0 Å². The van der Waals surface area contributed by atoms with Crippen LogP contribution < -0.4 is 5.32 Å². The van der Waals surface area contributed by atoms with Crippen LogP contribution in [0.15, 0.2) is 0 Å². The summed E-state index contributed by atoms with van der Waals surface area (Å²) in [5, 5.41) is 14.4. The monoisotopic (exact) mass is 313 g/mol. The predicted molar refractivity (Wildman–Crippen MR) is 86.5 cm³/mol. The summed E-state index contributed by atoms with van der Waals surface area (Å²) in [5.41, 5.74) is 0.375. The molecule has 0 spiro atoms. The fraction of sp³-hybridized carbons (Fsp3) is 0.812. The van der Waals surface area contributed by atoms with Crippen LogP contribution in [0.1, 0.15) is 63.9 Å². The van der Waals surface area contributed by atoms with Gasteiger partial charge in [0.05, 0.1) is 11.3 Å². The summed E-state index contributed by atoms with van der Waals surface area (Å²) in [6.45, 7) is 5.68. The number of aromatic amines is 1. The molecular weight excluding hydrogens is 286 g/mol. The van der Waals surface area contributed by atoms with Crippen LogP contribution in [0.25, 0.3) is 0 Å². The molecule has 3 N–H and O–H groups in total. The fourth-order valence-corrected chi connectivity index (χ4v) is 3.13. The molecule has 0 radical (unpaired) electrons. The molecule has 21 heavy (non-hydrogen) atoms. The Balaban J connectivity index is 1.79. The van der Waals surface area contributed by atoms with E-state index in [4.69, 9.17) is 11.6 Å². The van der Waals surface area contributed by atoms with E-state index in [0.29, 0.717) is 18.2 Å². The molecule has 0 unspecified atom stereocenters. The number of halogens is 1. The zero-order valence-electron chi connectivity index (χ0n) is 13.2. The highest BCUT2D eigenvalue weighted by molar-refractivity contribution is 6.30. The minimum atomic E-state index is -0.552. The first kappa shape index (κ1) is 16.8. The quantitative estimate of drug-likeness (QED) is 0.722. The normalized spacial score (nSPS) is 26.2. The van der Waals surface area contributed by atoms with Gasteiger partial charge in [0.1, 0.15) is 5.82 Å². The third-order valence-corrected chi connectivity index (χ3v) is 4.82. The molecule has 2 rings (SSSR count). The van der Waals surface area contributed by atoms with Gasteiger partial charge in [-0.3, -0.25) is 0 Å². The minimum Gasteiger partial charge on any atom is -0.389 e. The molecule has 1 fully saturated rings. The van der Waals surface area contributed by atoms with Gasteiger partial charge in [0.25, 0.3) is 0 Å². The lowest BCUT2D eigenvalue weighted by molar-refractivity contribution is -0.00634. The minimum absolute atomic E-state index is 0.552. The lowest BCUT2D eigenvalue weighted by Crippen LogP contribution is -2.43. The smallest absolute Gasteiger partial charge is 0.151 e. The standard InChI is InChI=1S/C16H28ClN3O/c1-3-4-5-14-19-13(15(17)20-14)10-18-11-16(21)8-6-12(2)7-9-16/h12,18,21H,3-11H2,1-2H3,(H,19,20). The predicted octanol–water partition coefficient (Wildman–Crippen LogP) is 3.44. The van der Waals surface area contributed by atoms with Crippen LogP contribution in [0.2, 0.25) is 5.15 Å². The highest BCUT2D eigenvalue weighted by atomic mass is 35.5. The van der Waals surface area contributed by atoms with Crippen LogP contribution >= 0.6 is 11.6 Å². The first-order valence-corrected chi connectivity index (χ1v) is 8.56. The molecule has 1 aromatic rings. The molecule has 5 heteroatoms. The average molecular weight is 314 g/mol. The first-order valence-electron chi connectivity index (χ1n) is 8.19. The maximum atomic E-state index is 10.5. The Hall–Kier alpha value is -0.580. The van der Waals surface area contributed by atoms with Gasteiger partial charge in [0.15, 0.2) is 5.15 Å². The number of aryl methyl sites for hydroxylation is 1. The van der Waals surface area contributed by atoms with Gasteiger partial charge in [-0.2, -0.15) is 0 Å². The summed E-state index contributed by atoms with van der Waals surface area (Å²) in [7, 11) is 0. The summed E-state index contributed by atoms with van der Waals surface area (Å²) >= 11 is 6.15. The molecular formula is C16H28ClN3O. The number of imidazole rings is 1. The van der Waals surface area contributed by atoms with Crippen molar-refractivity contribution in [2.75, 3.05) is 6.54 Å². The van der Waals surface area contributed by atoms with Crippen molar-refractivity contribution in [3.8, 4) is 0 Å². The van der Waals surface area contributed by atoms with E-state index in [2.05, 4.69) is 29.1 Å². The lowest BCUT2D eigenvalue weighted by Gasteiger charge is -2.35. The number of nitrogens with one attached hydrogen (secondary N) is 2. The van der Waals surface area contributed by atoms with Crippen molar-refractivity contribution in [1.29, 1.82) is 0 Å². The number of rotatable bonds is 7. The van der Waals surface area contributed by atoms with E-state index >= 15 is 0 Å². The number of unbranched alkanes of at least 4 members (excludes halogenated alkanes) is 1. The number of nitrogens with zero attached hydrogens (tertiary/aromatic N) is 1. The van der Waals surface area contributed by atoms with E-state index in [-0.39, 0.29) is 0 Å². The highest BCUT2D eigenvalue weighted by Crippen LogP contribution is 2.31. The molecule has 1 aliphatic rings. The van der Waals surface area contributed by atoms with E-state index < -0.39 is 5.60 Å². The van der Waals surface area contributed by atoms with E-state index in [9.17, 15) is 5.11 Å². The third-order valence-electron chi connectivity index (χ3n) is 4.51. The Labute approximate surface area is 132 Å². The average Bonchev–Trinajstić information content (AvgIpc) is 2.81. The van der Waals surface area contributed by atoms with Crippen molar-refractivity contribution < 1.29 is 5.11 Å². The van der Waals surface area contributed by atoms with Crippen molar-refractivity contribution in [3.63, 3.8) is 0 Å². The maximum Gasteiger partial charge on any atom is 0.151 e. The molecule has 0 atom stereocenters. The van der Waals surface area contributed by atoms with Gasteiger partial charge in [-0.05, 0) is 38.0 Å². The van der Waals surface area contributed by atoms with Gasteiger partial charge < -0.3 is 15.4 Å². The Morgan fingerprint density at radius 2 is 2.14 bits per heavy atom. The van der Waals surface area contributed by atoms with Crippen molar-refractivity contribution in [1.82, 2.24) is 15.3 Å². The zero-order chi connectivity index (χ0) is 15.3. The molecule has 0 saturated heterocycles. The van der Waals surface area contributed by atoms with Gasteiger partial charge in [0, 0.05) is 19.5 Å². The molecule has 1 saturated carbocycles. The van der Waals surface area contributed by atoms with Crippen LogP contribution in [0.4, 0.5) is 0 Å². The van der Waals surface area contributed by atoms with Crippen LogP contribution in [0, 0.1) is 5.92 Å². The van der Waals surface area contributed by atoms with Gasteiger partial charge in [-0.15, -0.1) is 0 Å². The number of hydrogen-bond donors (Lipinski definition) is 3. The largest absolute Gasteiger partial charge is 0.389 e. The first-order chi connectivity index (χ1) is 10.0. The molecule has 0 aromatic carbocycles. The lowest BCUT2D eigenvalue weighted by atomic mass is 9.79. The Morgan fingerprint density at radius 3 is 2.81 bits per heavy atom. The van der Waals surface area contributed by atoms with E-state index in [1.807, 2.05) is 0 Å². The SMILES string of the molecule is CCCCc1nc(Cl)c(CNCC2(O)CCC(C)CC2)[nH]1. The molecule has 0 aliphatic heterocycles. The summed E-state index contributed by atoms with van der Waals surface area (Å²) in [6.07, 6.45) is 7.22. The van der Waals surface area contributed by atoms with Crippen LogP contribution in [0.3, 0.4) is 0 Å². The summed E-state index contributed by atoms with van der Waals surface area (Å²) < 4.78 is 0. The Kier molecular flexibility index (Phi) is 6.08. The fourth-order valence-electron chi connectivity index (χ4n) is 2.92. The van der Waals surface area contributed by atoms with E-state index in [1.54, 1.807) is 0 Å². The Morgan fingerprint density at radius 1 is 1.43 bits per heavy atom. The number of H-pyrrole nitrogens is 1. The Bertz CT molecular complexity index is 439. The van der Waals surface area contributed by atoms with Crippen LogP contribution in [0.5, 0.6) is 0 Å². The molecule has 4 nitrogen and oxygen atoms in total. The molecule has 120 valence electrons. The topological polar surface area (TPSA) is 60.9 Å².